The van der Waals surface area contributed by atoms with E-state index in [4.69, 9.17) is 5.73 Å². The van der Waals surface area contributed by atoms with Crippen LogP contribution in [0.1, 0.15) is 53.9 Å². The van der Waals surface area contributed by atoms with E-state index in [0.717, 1.165) is 36.1 Å². The van der Waals surface area contributed by atoms with Crippen molar-refractivity contribution in [3.63, 3.8) is 0 Å². The van der Waals surface area contributed by atoms with E-state index in [0.29, 0.717) is 24.5 Å². The minimum absolute atomic E-state index is 0.143. The second-order valence-corrected chi connectivity index (χ2v) is 13.0. The zero-order valence-corrected chi connectivity index (χ0v) is 21.5. The van der Waals surface area contributed by atoms with Crippen molar-refractivity contribution in [1.82, 2.24) is 20.6 Å². The molecule has 0 fully saturated rings. The van der Waals surface area contributed by atoms with Crippen LogP contribution < -0.4 is 26.2 Å². The maximum absolute atomic E-state index is 12.0. The van der Waals surface area contributed by atoms with Gasteiger partial charge in [-0.1, -0.05) is 0 Å². The van der Waals surface area contributed by atoms with Crippen LogP contribution in [-0.2, 0) is 13.0 Å². The van der Waals surface area contributed by atoms with E-state index in [1.165, 1.54) is 4.48 Å². The fourth-order valence-corrected chi connectivity index (χ4v) is 4.51. The van der Waals surface area contributed by atoms with E-state index in [1.54, 1.807) is 6.07 Å². The van der Waals surface area contributed by atoms with Gasteiger partial charge in [-0.15, -0.1) is 0 Å². The number of nitrogens with zero attached hydrogens (tertiary/aromatic N) is 2. The van der Waals surface area contributed by atoms with Gasteiger partial charge in [-0.25, -0.2) is 4.98 Å². The molecule has 3 amide bonds. The first-order valence-corrected chi connectivity index (χ1v) is 15.6. The fraction of sp³-hybridized carbons (Fsp3) is 0.478. The molecule has 0 aliphatic carbocycles. The number of carbonyl (C=O) groups excluding carboxylic acids is 2. The fourth-order valence-electron chi connectivity index (χ4n) is 3.13. The molecule has 0 aliphatic rings. The molecule has 0 bridgehead atoms. The molecule has 2 rings (SSSR count). The van der Waals surface area contributed by atoms with Gasteiger partial charge in [0.2, 0.25) is 0 Å². The van der Waals surface area contributed by atoms with Gasteiger partial charge in [0.15, 0.2) is 0 Å². The number of urea groups is 1. The Bertz CT molecular complexity index is 915. The summed E-state index contributed by atoms with van der Waals surface area (Å²) < 4.78 is 1.19. The first-order valence-electron chi connectivity index (χ1n) is 10.9. The third kappa shape index (κ3) is 8.15. The number of unbranched alkanes of at least 4 members (excludes halogenated alkanes) is 1. The molecule has 2 aromatic heterocycles. The van der Waals surface area contributed by atoms with Crippen molar-refractivity contribution in [3.8, 4) is 0 Å². The Morgan fingerprint density at radius 2 is 1.91 bits per heavy atom. The second-order valence-electron chi connectivity index (χ2n) is 8.30. The molecule has 0 unspecified atom stereocenters. The third-order valence-corrected chi connectivity index (χ3v) is 7.33. The summed E-state index contributed by atoms with van der Waals surface area (Å²) in [5, 5.41) is 8.95. The van der Waals surface area contributed by atoms with Crippen molar-refractivity contribution in [3.05, 3.63) is 46.8 Å². The zero-order chi connectivity index (χ0) is 23.7. The van der Waals surface area contributed by atoms with Crippen LogP contribution in [0.4, 0.5) is 10.6 Å². The minimum atomic E-state index is -0.958. The van der Waals surface area contributed by atoms with Crippen LogP contribution in [0, 0.1) is 6.92 Å². The van der Waals surface area contributed by atoms with Gasteiger partial charge in [-0.05, 0) is 32.4 Å². The predicted molar refractivity (Wildman–Crippen MR) is 131 cm³/mol. The van der Waals surface area contributed by atoms with Gasteiger partial charge in [-0.3, -0.25) is 4.79 Å². The van der Waals surface area contributed by atoms with Crippen LogP contribution >= 0.6 is 0 Å². The van der Waals surface area contributed by atoms with E-state index in [9.17, 15) is 9.59 Å². The zero-order valence-electron chi connectivity index (χ0n) is 19.7. The standard InChI is InChI=1S/C23H35AsN6O2/c1-15(2)29-22-18(21(25)31)12-16(3)19(30-22)8-6-7-11-26-23(32)28-14-17-9-10-20(24(4)5)27-13-17/h9-10,12-13,15H,6-8,11,14H2,1-5H3,(H2,25,31)(H,29,30)(H2,26,28,32). The first kappa shape index (κ1) is 25.7. The van der Waals surface area contributed by atoms with Gasteiger partial charge in [0.25, 0.3) is 5.91 Å². The number of rotatable bonds is 11. The Balaban J connectivity index is 1.76. The van der Waals surface area contributed by atoms with Crippen LogP contribution in [0.3, 0.4) is 0 Å². The number of aromatic nitrogens is 2. The molecule has 2 heterocycles. The van der Waals surface area contributed by atoms with Gasteiger partial charge in [0.05, 0.1) is 5.56 Å². The van der Waals surface area contributed by atoms with Crippen LogP contribution in [0.5, 0.6) is 0 Å². The number of hydrogen-bond donors (Lipinski definition) is 4. The SMILES string of the molecule is Cc1cc(C(N)=O)c(NC(C)C)nc1CCCCNC(=O)NCc1ccc([As](C)C)nc1. The molecule has 0 atom stereocenters. The maximum atomic E-state index is 12.0. The van der Waals surface area contributed by atoms with E-state index >= 15 is 0 Å². The molecule has 0 spiro atoms. The second kappa shape index (κ2) is 12.4. The van der Waals surface area contributed by atoms with Gasteiger partial charge in [0.1, 0.15) is 5.82 Å². The number of aryl methyl sites for hydroxylation is 2. The monoisotopic (exact) mass is 502 g/mol. The molecule has 5 N–H and O–H groups in total. The molecule has 2 aromatic rings. The van der Waals surface area contributed by atoms with Crippen molar-refractivity contribution in [2.24, 2.45) is 5.73 Å². The number of nitrogens with two attached hydrogens (primary N) is 1. The summed E-state index contributed by atoms with van der Waals surface area (Å²) in [5.74, 6) is 0.0445. The average Bonchev–Trinajstić information content (AvgIpc) is 2.73. The van der Waals surface area contributed by atoms with E-state index in [-0.39, 0.29) is 12.1 Å². The Morgan fingerprint density at radius 1 is 1.16 bits per heavy atom. The van der Waals surface area contributed by atoms with Crippen molar-refractivity contribution in [2.45, 2.75) is 64.0 Å². The number of nitrogens with one attached hydrogen (secondary N) is 3. The quantitative estimate of drug-likeness (QED) is 0.278. The summed E-state index contributed by atoms with van der Waals surface area (Å²) in [7, 11) is 0. The van der Waals surface area contributed by atoms with E-state index in [1.807, 2.05) is 33.0 Å². The molecule has 0 saturated carbocycles. The Kier molecular flexibility index (Phi) is 9.97. The average molecular weight is 502 g/mol. The summed E-state index contributed by atoms with van der Waals surface area (Å²) in [6, 6.07) is 5.84. The van der Waals surface area contributed by atoms with Gasteiger partial charge < -0.3 is 11.1 Å². The normalized spacial score (nSPS) is 11.0. The summed E-state index contributed by atoms with van der Waals surface area (Å²) in [6.07, 6.45) is 4.30. The summed E-state index contributed by atoms with van der Waals surface area (Å²) in [5.41, 5.74) is 13.3. The molecule has 0 radical (unpaired) electrons. The number of amides is 3. The summed E-state index contributed by atoms with van der Waals surface area (Å²) in [4.78, 5) is 32.8. The van der Waals surface area contributed by atoms with Crippen molar-refractivity contribution in [2.75, 3.05) is 11.9 Å². The first-order chi connectivity index (χ1) is 15.2. The number of anilines is 1. The number of pyridine rings is 2. The van der Waals surface area contributed by atoms with Crippen molar-refractivity contribution < 1.29 is 9.59 Å². The molecule has 9 heteroatoms. The topological polar surface area (TPSA) is 122 Å². The van der Waals surface area contributed by atoms with Crippen LogP contribution in [0.15, 0.2) is 24.4 Å². The van der Waals surface area contributed by atoms with Gasteiger partial charge >= 0.3 is 113 Å². The van der Waals surface area contributed by atoms with E-state index < -0.39 is 20.6 Å². The molecule has 8 nitrogen and oxygen atoms in total. The van der Waals surface area contributed by atoms with E-state index in [2.05, 4.69) is 43.4 Å². The van der Waals surface area contributed by atoms with Crippen LogP contribution in [0.25, 0.3) is 0 Å². The molecule has 32 heavy (non-hydrogen) atoms. The number of primary amides is 1. The Labute approximate surface area is 195 Å². The molecular formula is C23H35AsN6O2. The van der Waals surface area contributed by atoms with Gasteiger partial charge in [-0.2, -0.15) is 0 Å². The Morgan fingerprint density at radius 3 is 2.50 bits per heavy atom. The van der Waals surface area contributed by atoms with Crippen molar-refractivity contribution >= 4 is 36.9 Å². The molecule has 0 saturated heterocycles. The van der Waals surface area contributed by atoms with Gasteiger partial charge in [0, 0.05) is 11.7 Å². The summed E-state index contributed by atoms with van der Waals surface area (Å²) >= 11 is -0.958. The molecule has 174 valence electrons. The molecular weight excluding hydrogens is 467 g/mol. The van der Waals surface area contributed by atoms with Crippen LogP contribution in [0.2, 0.25) is 11.4 Å². The molecule has 0 aromatic carbocycles. The van der Waals surface area contributed by atoms with Crippen molar-refractivity contribution in [1.29, 1.82) is 0 Å². The Hall–Kier alpha value is -2.60. The van der Waals surface area contributed by atoms with Crippen LogP contribution in [-0.4, -0.2) is 49.1 Å². The molecule has 0 aliphatic heterocycles. The number of carbonyl (C=O) groups is 2. The summed E-state index contributed by atoms with van der Waals surface area (Å²) in [6.45, 7) is 6.95. The predicted octanol–water partition coefficient (Wildman–Crippen LogP) is 2.49. The third-order valence-electron chi connectivity index (χ3n) is 4.86. The number of hydrogen-bond acceptors (Lipinski definition) is 5.